The Hall–Kier alpha value is -1.27. The van der Waals surface area contributed by atoms with Crippen LogP contribution in [0, 0.1) is 6.92 Å². The monoisotopic (exact) mass is 300 g/mol. The van der Waals surface area contributed by atoms with Crippen molar-refractivity contribution in [3.05, 3.63) is 17.7 Å². The van der Waals surface area contributed by atoms with Gasteiger partial charge in [-0.05, 0) is 37.5 Å². The van der Waals surface area contributed by atoms with E-state index < -0.39 is 10.0 Å². The van der Waals surface area contributed by atoms with Gasteiger partial charge >= 0.3 is 0 Å². The van der Waals surface area contributed by atoms with Crippen molar-refractivity contribution in [2.45, 2.75) is 38.5 Å². The second kappa shape index (κ2) is 6.95. The SMILES string of the molecule is CCCN(CCC)S(=O)(=O)c1cc(N)c(C)cc1OC. The Kier molecular flexibility index (Phi) is 5.83. The lowest BCUT2D eigenvalue weighted by atomic mass is 10.2. The molecule has 0 atom stereocenters. The number of anilines is 1. The van der Waals surface area contributed by atoms with E-state index in [1.165, 1.54) is 17.5 Å². The van der Waals surface area contributed by atoms with E-state index in [0.29, 0.717) is 24.5 Å². The van der Waals surface area contributed by atoms with Gasteiger partial charge in [0.25, 0.3) is 0 Å². The van der Waals surface area contributed by atoms with E-state index in [1.807, 2.05) is 20.8 Å². The standard InChI is InChI=1S/C14H24N2O3S/c1-5-7-16(8-6-2)20(17,18)14-10-12(15)11(3)9-13(14)19-4/h9-10H,5-8,15H2,1-4H3. The van der Waals surface area contributed by atoms with Crippen molar-refractivity contribution in [3.63, 3.8) is 0 Å². The predicted octanol–water partition coefficient (Wildman–Crippen LogP) is 2.40. The first-order valence-corrected chi connectivity index (χ1v) is 8.26. The Morgan fingerprint density at radius 1 is 1.20 bits per heavy atom. The smallest absolute Gasteiger partial charge is 0.246 e. The molecule has 0 saturated carbocycles. The number of hydrogen-bond acceptors (Lipinski definition) is 4. The second-order valence-electron chi connectivity index (χ2n) is 4.76. The summed E-state index contributed by atoms with van der Waals surface area (Å²) in [5.74, 6) is 0.342. The van der Waals surface area contributed by atoms with Gasteiger partial charge in [-0.2, -0.15) is 4.31 Å². The molecule has 1 aromatic rings. The van der Waals surface area contributed by atoms with Crippen LogP contribution >= 0.6 is 0 Å². The van der Waals surface area contributed by atoms with Gasteiger partial charge in [-0.25, -0.2) is 8.42 Å². The molecule has 1 aromatic carbocycles. The van der Waals surface area contributed by atoms with Crippen molar-refractivity contribution >= 4 is 15.7 Å². The van der Waals surface area contributed by atoms with Gasteiger partial charge in [0.1, 0.15) is 10.6 Å². The molecule has 0 bridgehead atoms. The summed E-state index contributed by atoms with van der Waals surface area (Å²) in [6, 6.07) is 3.15. The largest absolute Gasteiger partial charge is 0.495 e. The molecule has 0 aliphatic carbocycles. The lowest BCUT2D eigenvalue weighted by Gasteiger charge is -2.22. The highest BCUT2D eigenvalue weighted by molar-refractivity contribution is 7.89. The number of nitrogens with two attached hydrogens (primary N) is 1. The number of nitrogens with zero attached hydrogens (tertiary/aromatic N) is 1. The van der Waals surface area contributed by atoms with Crippen LogP contribution in [0.25, 0.3) is 0 Å². The Morgan fingerprint density at radius 2 is 1.75 bits per heavy atom. The van der Waals surface area contributed by atoms with Gasteiger partial charge in [-0.3, -0.25) is 0 Å². The Balaban J connectivity index is 3.36. The molecule has 6 heteroatoms. The van der Waals surface area contributed by atoms with Gasteiger partial charge in [0.15, 0.2) is 0 Å². The van der Waals surface area contributed by atoms with E-state index in [9.17, 15) is 8.42 Å². The fourth-order valence-electron chi connectivity index (χ4n) is 2.03. The quantitative estimate of drug-likeness (QED) is 0.785. The average molecular weight is 300 g/mol. The summed E-state index contributed by atoms with van der Waals surface area (Å²) in [6.07, 6.45) is 1.53. The van der Waals surface area contributed by atoms with E-state index in [4.69, 9.17) is 10.5 Å². The minimum Gasteiger partial charge on any atom is -0.495 e. The van der Waals surface area contributed by atoms with Crippen molar-refractivity contribution < 1.29 is 13.2 Å². The maximum atomic E-state index is 12.7. The molecule has 20 heavy (non-hydrogen) atoms. The van der Waals surface area contributed by atoms with Crippen LogP contribution in [-0.2, 0) is 10.0 Å². The lowest BCUT2D eigenvalue weighted by Crippen LogP contribution is -2.32. The van der Waals surface area contributed by atoms with Crippen LogP contribution in [0.15, 0.2) is 17.0 Å². The first-order valence-electron chi connectivity index (χ1n) is 6.82. The zero-order valence-electron chi connectivity index (χ0n) is 12.6. The number of sulfonamides is 1. The van der Waals surface area contributed by atoms with Crippen molar-refractivity contribution in [1.82, 2.24) is 4.31 Å². The van der Waals surface area contributed by atoms with E-state index in [0.717, 1.165) is 18.4 Å². The van der Waals surface area contributed by atoms with Crippen LogP contribution in [-0.4, -0.2) is 32.9 Å². The third-order valence-corrected chi connectivity index (χ3v) is 5.04. The minimum absolute atomic E-state index is 0.144. The average Bonchev–Trinajstić information content (AvgIpc) is 2.41. The summed E-state index contributed by atoms with van der Waals surface area (Å²) in [7, 11) is -2.11. The van der Waals surface area contributed by atoms with Gasteiger partial charge in [-0.1, -0.05) is 13.8 Å². The van der Waals surface area contributed by atoms with Gasteiger partial charge in [0, 0.05) is 18.8 Å². The molecule has 0 heterocycles. The molecule has 0 aliphatic heterocycles. The van der Waals surface area contributed by atoms with Crippen LogP contribution in [0.1, 0.15) is 32.3 Å². The Labute approximate surface area is 121 Å². The zero-order valence-corrected chi connectivity index (χ0v) is 13.5. The Morgan fingerprint density at radius 3 is 2.20 bits per heavy atom. The van der Waals surface area contributed by atoms with Gasteiger partial charge in [-0.15, -0.1) is 0 Å². The van der Waals surface area contributed by atoms with E-state index in [2.05, 4.69) is 0 Å². The highest BCUT2D eigenvalue weighted by atomic mass is 32.2. The molecule has 0 spiro atoms. The molecular weight excluding hydrogens is 276 g/mol. The number of rotatable bonds is 7. The molecule has 0 aliphatic rings. The molecule has 0 fully saturated rings. The van der Waals surface area contributed by atoms with Crippen molar-refractivity contribution in [1.29, 1.82) is 0 Å². The number of methoxy groups -OCH3 is 1. The molecule has 0 amide bonds. The summed E-state index contributed by atoms with van der Waals surface area (Å²) < 4.78 is 32.2. The summed E-state index contributed by atoms with van der Waals surface area (Å²) in [4.78, 5) is 0.144. The molecule has 0 unspecified atom stereocenters. The maximum absolute atomic E-state index is 12.7. The van der Waals surface area contributed by atoms with Crippen molar-refractivity contribution in [3.8, 4) is 5.75 Å². The topological polar surface area (TPSA) is 72.6 Å². The van der Waals surface area contributed by atoms with Gasteiger partial charge < -0.3 is 10.5 Å². The Bertz CT molecular complexity index is 550. The molecule has 0 saturated heterocycles. The highest BCUT2D eigenvalue weighted by Crippen LogP contribution is 2.31. The van der Waals surface area contributed by atoms with Crippen molar-refractivity contribution in [2.75, 3.05) is 25.9 Å². The number of ether oxygens (including phenoxy) is 1. The van der Waals surface area contributed by atoms with E-state index >= 15 is 0 Å². The maximum Gasteiger partial charge on any atom is 0.246 e. The van der Waals surface area contributed by atoms with Gasteiger partial charge in [0.05, 0.1) is 7.11 Å². The van der Waals surface area contributed by atoms with Crippen LogP contribution < -0.4 is 10.5 Å². The molecule has 0 aromatic heterocycles. The fraction of sp³-hybridized carbons (Fsp3) is 0.571. The molecule has 2 N–H and O–H groups in total. The number of benzene rings is 1. The summed E-state index contributed by atoms with van der Waals surface area (Å²) in [6.45, 7) is 6.72. The molecule has 0 radical (unpaired) electrons. The summed E-state index contributed by atoms with van der Waals surface area (Å²) in [5, 5.41) is 0. The normalized spacial score (nSPS) is 11.8. The highest BCUT2D eigenvalue weighted by Gasteiger charge is 2.27. The van der Waals surface area contributed by atoms with E-state index in [-0.39, 0.29) is 4.90 Å². The predicted molar refractivity (Wildman–Crippen MR) is 81.5 cm³/mol. The molecule has 114 valence electrons. The van der Waals surface area contributed by atoms with Crippen LogP contribution in [0.3, 0.4) is 0 Å². The molecular formula is C14H24N2O3S. The number of aryl methyl sites for hydroxylation is 1. The fourth-order valence-corrected chi connectivity index (χ4v) is 3.82. The minimum atomic E-state index is -3.58. The zero-order chi connectivity index (χ0) is 15.3. The summed E-state index contributed by atoms with van der Waals surface area (Å²) >= 11 is 0. The van der Waals surface area contributed by atoms with Crippen LogP contribution in [0.4, 0.5) is 5.69 Å². The second-order valence-corrected chi connectivity index (χ2v) is 6.67. The van der Waals surface area contributed by atoms with Gasteiger partial charge in [0.2, 0.25) is 10.0 Å². The van der Waals surface area contributed by atoms with Crippen LogP contribution in [0.5, 0.6) is 5.75 Å². The number of nitrogen functional groups attached to an aromatic ring is 1. The first-order chi connectivity index (χ1) is 9.38. The third kappa shape index (κ3) is 3.43. The summed E-state index contributed by atoms with van der Waals surface area (Å²) in [5.41, 5.74) is 7.11. The van der Waals surface area contributed by atoms with Crippen molar-refractivity contribution in [2.24, 2.45) is 0 Å². The molecule has 1 rings (SSSR count). The number of hydrogen-bond donors (Lipinski definition) is 1. The lowest BCUT2D eigenvalue weighted by molar-refractivity contribution is 0.387. The van der Waals surface area contributed by atoms with Crippen LogP contribution in [0.2, 0.25) is 0 Å². The van der Waals surface area contributed by atoms with E-state index in [1.54, 1.807) is 6.07 Å². The molecule has 5 nitrogen and oxygen atoms in total. The third-order valence-electron chi connectivity index (χ3n) is 3.12. The first kappa shape index (κ1) is 16.8.